The number of aliphatic imine (C=N–C) groups is 1. The molecule has 4 aromatic rings. The summed E-state index contributed by atoms with van der Waals surface area (Å²) in [7, 11) is 0. The van der Waals surface area contributed by atoms with Crippen molar-refractivity contribution in [3.05, 3.63) is 107 Å². The van der Waals surface area contributed by atoms with Crippen molar-refractivity contribution >= 4 is 50.7 Å². The molecule has 0 spiro atoms. The predicted molar refractivity (Wildman–Crippen MR) is 149 cm³/mol. The molecule has 3 heterocycles. The zero-order valence-electron chi connectivity index (χ0n) is 20.4. The number of thioether (sulfide) groups is 1. The van der Waals surface area contributed by atoms with E-state index in [0.717, 1.165) is 22.2 Å². The average molecular weight is 524 g/mol. The van der Waals surface area contributed by atoms with Gasteiger partial charge in [0.1, 0.15) is 23.2 Å². The summed E-state index contributed by atoms with van der Waals surface area (Å²) in [6, 6.07) is 23.8. The molecule has 3 aromatic carbocycles. The van der Waals surface area contributed by atoms with Gasteiger partial charge in [0.05, 0.1) is 12.1 Å². The molecule has 2 aliphatic rings. The molecular weight excluding hydrogens is 501 g/mol. The zero-order chi connectivity index (χ0) is 26.2. The Morgan fingerprint density at radius 1 is 1.03 bits per heavy atom. The van der Waals surface area contributed by atoms with Crippen molar-refractivity contribution < 1.29 is 13.9 Å². The molecule has 1 amide bonds. The van der Waals surface area contributed by atoms with Gasteiger partial charge in [-0.2, -0.15) is 15.1 Å². The number of rotatable bonds is 6. The molecule has 1 N–H and O–H groups in total. The number of aromatic nitrogens is 1. The molecule has 0 aliphatic carbocycles. The molecule has 188 valence electrons. The van der Waals surface area contributed by atoms with Crippen LogP contribution in [-0.4, -0.2) is 38.1 Å². The van der Waals surface area contributed by atoms with Gasteiger partial charge in [0.15, 0.2) is 5.84 Å². The van der Waals surface area contributed by atoms with E-state index in [2.05, 4.69) is 10.1 Å². The standard InChI is InChI=1S/C29H22FN5O2S/c1-18-22(21-12-6-8-14-25(21)34(18)16-19-9-5-7-13-24(19)30)15-23-27(31)35-29(32-28(23)36)38-26(33-35)17-37-20-10-3-2-4-11-20/h2-15,31H,16-17H2,1H3/b23-15+,31-27?. The first-order chi connectivity index (χ1) is 18.5. The highest BCUT2D eigenvalue weighted by Gasteiger charge is 2.36. The molecule has 0 fully saturated rings. The van der Waals surface area contributed by atoms with E-state index in [1.807, 2.05) is 72.2 Å². The smallest absolute Gasteiger partial charge is 0.283 e. The second-order valence-electron chi connectivity index (χ2n) is 8.81. The molecule has 2 aliphatic heterocycles. The van der Waals surface area contributed by atoms with Crippen LogP contribution >= 0.6 is 11.8 Å². The Morgan fingerprint density at radius 3 is 2.58 bits per heavy atom. The third-order valence-electron chi connectivity index (χ3n) is 6.46. The number of ether oxygens (including phenoxy) is 1. The molecular formula is C29H22FN5O2S. The fourth-order valence-corrected chi connectivity index (χ4v) is 5.34. The molecule has 0 atom stereocenters. The number of amidine groups is 2. The molecule has 1 aromatic heterocycles. The minimum Gasteiger partial charge on any atom is -0.487 e. The van der Waals surface area contributed by atoms with Crippen molar-refractivity contribution in [1.29, 1.82) is 5.41 Å². The highest BCUT2D eigenvalue weighted by molar-refractivity contribution is 8.27. The minimum absolute atomic E-state index is 0.0486. The predicted octanol–water partition coefficient (Wildman–Crippen LogP) is 5.84. The molecule has 0 radical (unpaired) electrons. The summed E-state index contributed by atoms with van der Waals surface area (Å²) < 4.78 is 22.2. The number of amides is 1. The highest BCUT2D eigenvalue weighted by Crippen LogP contribution is 2.32. The van der Waals surface area contributed by atoms with Crippen LogP contribution in [-0.2, 0) is 11.3 Å². The third-order valence-corrected chi connectivity index (χ3v) is 7.34. The molecule has 0 saturated heterocycles. The lowest BCUT2D eigenvalue weighted by Crippen LogP contribution is -2.35. The summed E-state index contributed by atoms with van der Waals surface area (Å²) in [5.74, 6) is -0.115. The van der Waals surface area contributed by atoms with Gasteiger partial charge in [0.2, 0.25) is 5.17 Å². The molecule has 7 nitrogen and oxygen atoms in total. The minimum atomic E-state index is -0.500. The fraction of sp³-hybridized carbons (Fsp3) is 0.103. The van der Waals surface area contributed by atoms with Crippen molar-refractivity contribution in [3.63, 3.8) is 0 Å². The maximum absolute atomic E-state index is 14.5. The van der Waals surface area contributed by atoms with Gasteiger partial charge in [0.25, 0.3) is 5.91 Å². The maximum Gasteiger partial charge on any atom is 0.283 e. The van der Waals surface area contributed by atoms with Gasteiger partial charge in [-0.15, -0.1) is 0 Å². The Morgan fingerprint density at radius 2 is 1.76 bits per heavy atom. The Kier molecular flexibility index (Phi) is 6.13. The van der Waals surface area contributed by atoms with Crippen molar-refractivity contribution in [2.24, 2.45) is 10.1 Å². The fourth-order valence-electron chi connectivity index (χ4n) is 4.54. The van der Waals surface area contributed by atoms with Crippen LogP contribution in [0.15, 0.2) is 94.5 Å². The van der Waals surface area contributed by atoms with Gasteiger partial charge in [-0.3, -0.25) is 10.2 Å². The molecule has 0 saturated carbocycles. The van der Waals surface area contributed by atoms with E-state index in [0.29, 0.717) is 28.1 Å². The summed E-state index contributed by atoms with van der Waals surface area (Å²) in [5.41, 5.74) is 3.26. The summed E-state index contributed by atoms with van der Waals surface area (Å²) >= 11 is 1.21. The van der Waals surface area contributed by atoms with Gasteiger partial charge in [-0.1, -0.05) is 54.6 Å². The van der Waals surface area contributed by atoms with Crippen LogP contribution in [0.4, 0.5) is 4.39 Å². The zero-order valence-corrected chi connectivity index (χ0v) is 21.2. The van der Waals surface area contributed by atoms with E-state index in [1.165, 1.54) is 22.8 Å². The number of hydrogen-bond acceptors (Lipinski definition) is 5. The van der Waals surface area contributed by atoms with E-state index < -0.39 is 5.91 Å². The number of nitrogens with zero attached hydrogens (tertiary/aromatic N) is 4. The lowest BCUT2D eigenvalue weighted by atomic mass is 10.1. The number of para-hydroxylation sites is 2. The van der Waals surface area contributed by atoms with E-state index in [9.17, 15) is 9.18 Å². The lowest BCUT2D eigenvalue weighted by Gasteiger charge is -2.20. The second kappa shape index (κ2) is 9.75. The Labute approximate surface area is 222 Å². The number of hydrogen-bond donors (Lipinski definition) is 1. The first kappa shape index (κ1) is 23.9. The SMILES string of the molecule is Cc1c(/C=C2\C(=N)N3N=C(COc4ccccc4)SC3=NC2=O)c2ccccc2n1Cc1ccccc1F. The van der Waals surface area contributed by atoms with Crippen molar-refractivity contribution in [3.8, 4) is 5.75 Å². The van der Waals surface area contributed by atoms with Gasteiger partial charge in [-0.25, -0.2) is 4.39 Å². The van der Waals surface area contributed by atoms with Crippen LogP contribution in [0.5, 0.6) is 5.75 Å². The monoisotopic (exact) mass is 523 g/mol. The number of halogens is 1. The maximum atomic E-state index is 14.5. The van der Waals surface area contributed by atoms with Gasteiger partial charge in [0, 0.05) is 27.7 Å². The second-order valence-corrected chi connectivity index (χ2v) is 9.85. The number of nitrogens with one attached hydrogen (secondary N) is 1. The lowest BCUT2D eigenvalue weighted by molar-refractivity contribution is -0.114. The van der Waals surface area contributed by atoms with Crippen LogP contribution in [0.2, 0.25) is 0 Å². The topological polar surface area (TPSA) is 83.0 Å². The van der Waals surface area contributed by atoms with E-state index in [1.54, 1.807) is 18.2 Å². The summed E-state index contributed by atoms with van der Waals surface area (Å²) in [4.78, 5) is 17.3. The van der Waals surface area contributed by atoms with Gasteiger partial charge in [-0.05, 0) is 49.0 Å². The number of carbonyl (C=O) groups is 1. The largest absolute Gasteiger partial charge is 0.487 e. The van der Waals surface area contributed by atoms with Crippen LogP contribution in [0.3, 0.4) is 0 Å². The molecule has 9 heteroatoms. The van der Waals surface area contributed by atoms with Crippen molar-refractivity contribution in [1.82, 2.24) is 9.58 Å². The van der Waals surface area contributed by atoms with E-state index in [4.69, 9.17) is 10.1 Å². The van der Waals surface area contributed by atoms with E-state index in [-0.39, 0.29) is 23.8 Å². The normalized spacial score (nSPS) is 16.2. The number of benzene rings is 3. The van der Waals surface area contributed by atoms with Crippen molar-refractivity contribution in [2.75, 3.05) is 6.61 Å². The summed E-state index contributed by atoms with van der Waals surface area (Å²) in [5, 5.41) is 16.5. The first-order valence-corrected chi connectivity index (χ1v) is 12.8. The molecule has 6 rings (SSSR count). The quantitative estimate of drug-likeness (QED) is 0.322. The van der Waals surface area contributed by atoms with Crippen LogP contribution in [0, 0.1) is 18.2 Å². The van der Waals surface area contributed by atoms with Gasteiger partial charge >= 0.3 is 0 Å². The van der Waals surface area contributed by atoms with Crippen LogP contribution in [0.1, 0.15) is 16.8 Å². The van der Waals surface area contributed by atoms with Crippen LogP contribution in [0.25, 0.3) is 17.0 Å². The third kappa shape index (κ3) is 4.31. The van der Waals surface area contributed by atoms with Crippen molar-refractivity contribution in [2.45, 2.75) is 13.5 Å². The molecule has 38 heavy (non-hydrogen) atoms. The van der Waals surface area contributed by atoms with E-state index >= 15 is 0 Å². The number of carbonyl (C=O) groups excluding carboxylic acids is 1. The molecule has 0 unspecified atom stereocenters. The number of fused-ring (bicyclic) bond motifs is 2. The highest BCUT2D eigenvalue weighted by atomic mass is 32.2. The van der Waals surface area contributed by atoms with Crippen LogP contribution < -0.4 is 4.74 Å². The Hall–Kier alpha value is -4.50. The summed E-state index contributed by atoms with van der Waals surface area (Å²) in [6.45, 7) is 2.48. The Balaban J connectivity index is 1.33. The molecule has 0 bridgehead atoms. The first-order valence-electron chi connectivity index (χ1n) is 12.0. The average Bonchev–Trinajstić information content (AvgIpc) is 3.46. The Bertz CT molecular complexity index is 1690. The van der Waals surface area contributed by atoms with Gasteiger partial charge < -0.3 is 9.30 Å². The number of hydrazone groups is 1. The summed E-state index contributed by atoms with van der Waals surface area (Å²) in [6.07, 6.45) is 1.69.